The van der Waals surface area contributed by atoms with Crippen molar-refractivity contribution in [1.82, 2.24) is 0 Å². The zero-order valence-corrected chi connectivity index (χ0v) is 10.9. The Kier molecular flexibility index (Phi) is 4.44. The fourth-order valence-corrected chi connectivity index (χ4v) is 2.03. The molecule has 0 bridgehead atoms. The van der Waals surface area contributed by atoms with E-state index in [0.717, 1.165) is 29.9 Å². The summed E-state index contributed by atoms with van der Waals surface area (Å²) in [6.45, 7) is 2.26. The van der Waals surface area contributed by atoms with Crippen LogP contribution < -0.4 is 9.47 Å². The van der Waals surface area contributed by atoms with Gasteiger partial charge >= 0.3 is 0 Å². The highest BCUT2D eigenvalue weighted by Gasteiger charge is 2.14. The summed E-state index contributed by atoms with van der Waals surface area (Å²) in [5.41, 5.74) is 1.16. The van der Waals surface area contributed by atoms with Gasteiger partial charge < -0.3 is 19.3 Å². The quantitative estimate of drug-likeness (QED) is 0.842. The highest BCUT2D eigenvalue weighted by atomic mass is 16.7. The predicted molar refractivity (Wildman–Crippen MR) is 68.0 cm³/mol. The fraction of sp³-hybridized carbons (Fsp3) is 0.571. The van der Waals surface area contributed by atoms with Crippen molar-refractivity contribution in [3.8, 4) is 11.5 Å². The van der Waals surface area contributed by atoms with Crippen LogP contribution in [0.4, 0.5) is 0 Å². The summed E-state index contributed by atoms with van der Waals surface area (Å²) < 4.78 is 15.7. The van der Waals surface area contributed by atoms with Gasteiger partial charge in [-0.25, -0.2) is 0 Å². The largest absolute Gasteiger partial charge is 0.454 e. The molecule has 0 radical (unpaired) electrons. The first-order valence-corrected chi connectivity index (χ1v) is 6.28. The molecule has 1 aromatic rings. The molecule has 18 heavy (non-hydrogen) atoms. The number of aryl methyl sites for hydroxylation is 1. The summed E-state index contributed by atoms with van der Waals surface area (Å²) >= 11 is 0. The van der Waals surface area contributed by atoms with Gasteiger partial charge in [-0.1, -0.05) is 6.07 Å². The standard InChI is InChI=1S/C14H20O4/c1-10(16-2)7-12(15)5-3-11-4-6-13-14(8-11)18-9-17-13/h4,6,8,10,12,15H,3,5,7,9H2,1-2H3. The number of aliphatic hydroxyl groups excluding tert-OH is 1. The lowest BCUT2D eigenvalue weighted by Gasteiger charge is -2.15. The van der Waals surface area contributed by atoms with Crippen LogP contribution in [0.3, 0.4) is 0 Å². The molecule has 1 aliphatic heterocycles. The lowest BCUT2D eigenvalue weighted by molar-refractivity contribution is 0.0530. The molecule has 100 valence electrons. The molecule has 0 amide bonds. The van der Waals surface area contributed by atoms with Crippen LogP contribution in [0.15, 0.2) is 18.2 Å². The Morgan fingerprint density at radius 2 is 2.11 bits per heavy atom. The van der Waals surface area contributed by atoms with Gasteiger partial charge in [-0.3, -0.25) is 0 Å². The summed E-state index contributed by atoms with van der Waals surface area (Å²) in [5.74, 6) is 1.60. The molecule has 1 aliphatic rings. The van der Waals surface area contributed by atoms with E-state index in [-0.39, 0.29) is 12.2 Å². The average Bonchev–Trinajstić information content (AvgIpc) is 2.83. The van der Waals surface area contributed by atoms with E-state index in [1.54, 1.807) is 7.11 Å². The molecule has 0 saturated heterocycles. The van der Waals surface area contributed by atoms with E-state index in [0.29, 0.717) is 13.2 Å². The molecule has 0 aliphatic carbocycles. The van der Waals surface area contributed by atoms with E-state index in [9.17, 15) is 5.11 Å². The number of rotatable bonds is 6. The lowest BCUT2D eigenvalue weighted by atomic mass is 10.0. The second kappa shape index (κ2) is 6.07. The highest BCUT2D eigenvalue weighted by molar-refractivity contribution is 5.44. The van der Waals surface area contributed by atoms with Crippen molar-refractivity contribution in [3.63, 3.8) is 0 Å². The molecule has 2 atom stereocenters. The minimum absolute atomic E-state index is 0.0942. The zero-order chi connectivity index (χ0) is 13.0. The molecular formula is C14H20O4. The third-order valence-corrected chi connectivity index (χ3v) is 3.21. The van der Waals surface area contributed by atoms with Crippen LogP contribution in [-0.2, 0) is 11.2 Å². The van der Waals surface area contributed by atoms with Gasteiger partial charge in [0.15, 0.2) is 11.5 Å². The molecule has 4 heteroatoms. The normalized spacial score (nSPS) is 16.6. The molecule has 0 saturated carbocycles. The minimum atomic E-state index is -0.328. The molecule has 4 nitrogen and oxygen atoms in total. The van der Waals surface area contributed by atoms with Crippen molar-refractivity contribution in [2.75, 3.05) is 13.9 Å². The first-order valence-electron chi connectivity index (χ1n) is 6.28. The maximum absolute atomic E-state index is 9.87. The SMILES string of the molecule is COC(C)CC(O)CCc1ccc2c(c1)OCO2. The molecule has 0 spiro atoms. The van der Waals surface area contributed by atoms with Crippen LogP contribution in [0.1, 0.15) is 25.3 Å². The maximum atomic E-state index is 9.87. The van der Waals surface area contributed by atoms with Crippen LogP contribution in [0, 0.1) is 0 Å². The monoisotopic (exact) mass is 252 g/mol. The summed E-state index contributed by atoms with van der Waals surface area (Å²) in [6, 6.07) is 5.91. The molecule has 2 unspecified atom stereocenters. The predicted octanol–water partition coefficient (Wildman–Crippen LogP) is 2.13. The maximum Gasteiger partial charge on any atom is 0.231 e. The van der Waals surface area contributed by atoms with Gasteiger partial charge in [-0.05, 0) is 43.9 Å². The minimum Gasteiger partial charge on any atom is -0.454 e. The zero-order valence-electron chi connectivity index (χ0n) is 10.9. The summed E-state index contributed by atoms with van der Waals surface area (Å²) in [5, 5.41) is 9.87. The number of aliphatic hydroxyl groups is 1. The van der Waals surface area contributed by atoms with Crippen LogP contribution >= 0.6 is 0 Å². The number of ether oxygens (including phenoxy) is 3. The summed E-state index contributed by atoms with van der Waals surface area (Å²) in [6.07, 6.45) is 1.99. The smallest absolute Gasteiger partial charge is 0.231 e. The van der Waals surface area contributed by atoms with Crippen molar-refractivity contribution in [3.05, 3.63) is 23.8 Å². The second-order valence-corrected chi connectivity index (χ2v) is 4.66. The molecule has 0 aromatic heterocycles. The van der Waals surface area contributed by atoms with Crippen molar-refractivity contribution in [1.29, 1.82) is 0 Å². The fourth-order valence-electron chi connectivity index (χ4n) is 2.03. The van der Waals surface area contributed by atoms with Crippen LogP contribution in [0.5, 0.6) is 11.5 Å². The third kappa shape index (κ3) is 3.37. The van der Waals surface area contributed by atoms with Gasteiger partial charge in [0.25, 0.3) is 0 Å². The van der Waals surface area contributed by atoms with Gasteiger partial charge in [0.2, 0.25) is 6.79 Å². The van der Waals surface area contributed by atoms with E-state index in [2.05, 4.69) is 0 Å². The molecule has 1 heterocycles. The highest BCUT2D eigenvalue weighted by Crippen LogP contribution is 2.32. The van der Waals surface area contributed by atoms with E-state index in [1.165, 1.54) is 0 Å². The van der Waals surface area contributed by atoms with E-state index >= 15 is 0 Å². The van der Waals surface area contributed by atoms with E-state index in [1.807, 2.05) is 25.1 Å². The van der Waals surface area contributed by atoms with Crippen LogP contribution in [-0.4, -0.2) is 31.2 Å². The Bertz CT molecular complexity index is 391. The molecule has 1 N–H and O–H groups in total. The Hall–Kier alpha value is -1.26. The van der Waals surface area contributed by atoms with Gasteiger partial charge in [0.05, 0.1) is 12.2 Å². The first kappa shape index (κ1) is 13.2. The average molecular weight is 252 g/mol. The van der Waals surface area contributed by atoms with Gasteiger partial charge in [0.1, 0.15) is 0 Å². The van der Waals surface area contributed by atoms with Crippen LogP contribution in [0.2, 0.25) is 0 Å². The van der Waals surface area contributed by atoms with Gasteiger partial charge in [-0.2, -0.15) is 0 Å². The summed E-state index contributed by atoms with van der Waals surface area (Å²) in [7, 11) is 1.66. The summed E-state index contributed by atoms with van der Waals surface area (Å²) in [4.78, 5) is 0. The molecular weight excluding hydrogens is 232 g/mol. The second-order valence-electron chi connectivity index (χ2n) is 4.66. The van der Waals surface area contributed by atoms with Gasteiger partial charge in [-0.15, -0.1) is 0 Å². The topological polar surface area (TPSA) is 47.9 Å². The van der Waals surface area contributed by atoms with Crippen molar-refractivity contribution >= 4 is 0 Å². The molecule has 1 aromatic carbocycles. The van der Waals surface area contributed by atoms with E-state index in [4.69, 9.17) is 14.2 Å². The number of benzene rings is 1. The van der Waals surface area contributed by atoms with E-state index < -0.39 is 0 Å². The lowest BCUT2D eigenvalue weighted by Crippen LogP contribution is -2.17. The Morgan fingerprint density at radius 3 is 2.89 bits per heavy atom. The number of hydrogen-bond donors (Lipinski definition) is 1. The van der Waals surface area contributed by atoms with Crippen molar-refractivity contribution < 1.29 is 19.3 Å². The first-order chi connectivity index (χ1) is 8.69. The van der Waals surface area contributed by atoms with Crippen molar-refractivity contribution in [2.45, 2.75) is 38.4 Å². The Balaban J connectivity index is 1.83. The van der Waals surface area contributed by atoms with Crippen molar-refractivity contribution in [2.24, 2.45) is 0 Å². The number of fused-ring (bicyclic) bond motifs is 1. The van der Waals surface area contributed by atoms with Gasteiger partial charge in [0, 0.05) is 7.11 Å². The Labute approximate surface area is 107 Å². The number of methoxy groups -OCH3 is 1. The van der Waals surface area contributed by atoms with Crippen LogP contribution in [0.25, 0.3) is 0 Å². The number of hydrogen-bond acceptors (Lipinski definition) is 4. The molecule has 2 rings (SSSR count). The molecule has 0 fully saturated rings. The third-order valence-electron chi connectivity index (χ3n) is 3.21. The Morgan fingerprint density at radius 1 is 1.33 bits per heavy atom.